The molecule has 0 heterocycles. The molecule has 52 valence electrons. The van der Waals surface area contributed by atoms with Crippen LogP contribution in [-0.4, -0.2) is 11.2 Å². The summed E-state index contributed by atoms with van der Waals surface area (Å²) in [5.41, 5.74) is 0.131. The first-order valence-electron chi connectivity index (χ1n) is 3.10. The highest BCUT2D eigenvalue weighted by molar-refractivity contribution is 4.94. The van der Waals surface area contributed by atoms with Gasteiger partial charge in [0.15, 0.2) is 0 Å². The van der Waals surface area contributed by atoms with Crippen molar-refractivity contribution in [1.82, 2.24) is 0 Å². The smallest absolute Gasteiger partial charge is 0.115 e. The molecule has 0 amide bonds. The van der Waals surface area contributed by atoms with Crippen molar-refractivity contribution in [3.8, 4) is 12.3 Å². The van der Waals surface area contributed by atoms with Crippen molar-refractivity contribution in [2.45, 2.75) is 33.3 Å². The van der Waals surface area contributed by atoms with Crippen molar-refractivity contribution in [3.05, 3.63) is 0 Å². The lowest BCUT2D eigenvalue weighted by atomic mass is 9.89. The minimum Gasteiger partial charge on any atom is -0.380 e. The SMILES string of the molecule is C#CC(O)CC(C)(C)C. The maximum Gasteiger partial charge on any atom is 0.115 e. The fraction of sp³-hybridized carbons (Fsp3) is 0.750. The Bertz CT molecular complexity index is 114. The van der Waals surface area contributed by atoms with Crippen molar-refractivity contribution in [2.24, 2.45) is 5.41 Å². The Kier molecular flexibility index (Phi) is 2.73. The Morgan fingerprint density at radius 1 is 1.56 bits per heavy atom. The Morgan fingerprint density at radius 2 is 2.00 bits per heavy atom. The van der Waals surface area contributed by atoms with Crippen molar-refractivity contribution in [1.29, 1.82) is 0 Å². The Morgan fingerprint density at radius 3 is 2.11 bits per heavy atom. The zero-order valence-corrected chi connectivity index (χ0v) is 6.31. The van der Waals surface area contributed by atoms with Crippen LogP contribution >= 0.6 is 0 Å². The zero-order chi connectivity index (χ0) is 7.49. The lowest BCUT2D eigenvalue weighted by Crippen LogP contribution is -2.15. The molecule has 0 aromatic carbocycles. The first kappa shape index (κ1) is 8.52. The fourth-order valence-corrected chi connectivity index (χ4v) is 0.639. The van der Waals surface area contributed by atoms with Gasteiger partial charge >= 0.3 is 0 Å². The molecule has 1 nitrogen and oxygen atoms in total. The van der Waals surface area contributed by atoms with E-state index in [9.17, 15) is 0 Å². The first-order chi connectivity index (χ1) is 3.95. The van der Waals surface area contributed by atoms with E-state index in [0.717, 1.165) is 0 Å². The second kappa shape index (κ2) is 2.89. The van der Waals surface area contributed by atoms with E-state index in [4.69, 9.17) is 11.5 Å². The van der Waals surface area contributed by atoms with Crippen LogP contribution in [-0.2, 0) is 0 Å². The number of aliphatic hydroxyl groups is 1. The molecule has 0 aliphatic carbocycles. The van der Waals surface area contributed by atoms with Crippen molar-refractivity contribution < 1.29 is 5.11 Å². The Balaban J connectivity index is 3.63. The molecule has 9 heavy (non-hydrogen) atoms. The van der Waals surface area contributed by atoms with Gasteiger partial charge in [-0.25, -0.2) is 0 Å². The van der Waals surface area contributed by atoms with Gasteiger partial charge in [0.1, 0.15) is 6.10 Å². The summed E-state index contributed by atoms with van der Waals surface area (Å²) >= 11 is 0. The standard InChI is InChI=1S/C8H14O/c1-5-7(9)6-8(2,3)4/h1,7,9H,6H2,2-4H3. The van der Waals surface area contributed by atoms with Gasteiger partial charge < -0.3 is 5.11 Å². The van der Waals surface area contributed by atoms with E-state index in [2.05, 4.69) is 5.92 Å². The van der Waals surface area contributed by atoms with Gasteiger partial charge in [-0.3, -0.25) is 0 Å². The van der Waals surface area contributed by atoms with Gasteiger partial charge in [0.05, 0.1) is 0 Å². The van der Waals surface area contributed by atoms with E-state index < -0.39 is 6.10 Å². The lowest BCUT2D eigenvalue weighted by molar-refractivity contribution is 0.170. The van der Waals surface area contributed by atoms with Gasteiger partial charge in [0, 0.05) is 0 Å². The van der Waals surface area contributed by atoms with Crippen LogP contribution in [0.5, 0.6) is 0 Å². The highest BCUT2D eigenvalue weighted by Gasteiger charge is 2.13. The third kappa shape index (κ3) is 5.39. The van der Waals surface area contributed by atoms with E-state index >= 15 is 0 Å². The molecule has 0 aliphatic rings. The second-order valence-electron chi connectivity index (χ2n) is 3.45. The molecular weight excluding hydrogens is 112 g/mol. The summed E-state index contributed by atoms with van der Waals surface area (Å²) < 4.78 is 0. The predicted molar refractivity (Wildman–Crippen MR) is 38.9 cm³/mol. The molecule has 0 aliphatic heterocycles. The molecule has 1 N–H and O–H groups in total. The summed E-state index contributed by atoms with van der Waals surface area (Å²) in [4.78, 5) is 0. The summed E-state index contributed by atoms with van der Waals surface area (Å²) in [6, 6.07) is 0. The molecule has 0 aromatic heterocycles. The predicted octanol–water partition coefficient (Wildman–Crippen LogP) is 1.42. The molecule has 1 unspecified atom stereocenters. The summed E-state index contributed by atoms with van der Waals surface area (Å²) in [6.07, 6.45) is 5.07. The molecule has 0 radical (unpaired) electrons. The van der Waals surface area contributed by atoms with Gasteiger partial charge in [-0.15, -0.1) is 6.42 Å². The number of hydrogen-bond acceptors (Lipinski definition) is 1. The molecular formula is C8H14O. The minimum atomic E-state index is -0.579. The number of aliphatic hydroxyl groups excluding tert-OH is 1. The van der Waals surface area contributed by atoms with E-state index in [1.807, 2.05) is 20.8 Å². The molecule has 0 aromatic rings. The molecule has 0 fully saturated rings. The zero-order valence-electron chi connectivity index (χ0n) is 6.31. The van der Waals surface area contributed by atoms with Crippen LogP contribution in [0.15, 0.2) is 0 Å². The highest BCUT2D eigenvalue weighted by atomic mass is 16.3. The van der Waals surface area contributed by atoms with Crippen LogP contribution in [0.3, 0.4) is 0 Å². The number of rotatable bonds is 1. The molecule has 0 saturated heterocycles. The molecule has 0 spiro atoms. The molecule has 0 bridgehead atoms. The normalized spacial score (nSPS) is 14.6. The van der Waals surface area contributed by atoms with E-state index in [1.54, 1.807) is 0 Å². The van der Waals surface area contributed by atoms with Crippen molar-refractivity contribution in [3.63, 3.8) is 0 Å². The van der Waals surface area contributed by atoms with Gasteiger partial charge in [-0.1, -0.05) is 26.7 Å². The van der Waals surface area contributed by atoms with Crippen LogP contribution in [0.4, 0.5) is 0 Å². The third-order valence-electron chi connectivity index (χ3n) is 0.998. The molecule has 0 rings (SSSR count). The lowest BCUT2D eigenvalue weighted by Gasteiger charge is -2.18. The summed E-state index contributed by atoms with van der Waals surface area (Å²) in [5, 5.41) is 8.96. The maximum atomic E-state index is 8.96. The highest BCUT2D eigenvalue weighted by Crippen LogP contribution is 2.19. The summed E-state index contributed by atoms with van der Waals surface area (Å²) in [7, 11) is 0. The molecule has 1 heteroatoms. The van der Waals surface area contributed by atoms with Crippen LogP contribution in [0.1, 0.15) is 27.2 Å². The monoisotopic (exact) mass is 126 g/mol. The van der Waals surface area contributed by atoms with Crippen molar-refractivity contribution >= 4 is 0 Å². The summed E-state index contributed by atoms with van der Waals surface area (Å²) in [5.74, 6) is 2.28. The average molecular weight is 126 g/mol. The molecule has 1 atom stereocenters. The van der Waals surface area contributed by atoms with Crippen LogP contribution < -0.4 is 0 Å². The van der Waals surface area contributed by atoms with Crippen LogP contribution in [0.25, 0.3) is 0 Å². The van der Waals surface area contributed by atoms with Crippen LogP contribution in [0, 0.1) is 17.8 Å². The van der Waals surface area contributed by atoms with Gasteiger partial charge in [0.2, 0.25) is 0 Å². The van der Waals surface area contributed by atoms with E-state index in [0.29, 0.717) is 6.42 Å². The van der Waals surface area contributed by atoms with Crippen molar-refractivity contribution in [2.75, 3.05) is 0 Å². The van der Waals surface area contributed by atoms with E-state index in [-0.39, 0.29) is 5.41 Å². The number of hydrogen-bond donors (Lipinski definition) is 1. The quantitative estimate of drug-likeness (QED) is 0.527. The van der Waals surface area contributed by atoms with Gasteiger partial charge in [0.25, 0.3) is 0 Å². The molecule has 0 saturated carbocycles. The van der Waals surface area contributed by atoms with E-state index in [1.165, 1.54) is 0 Å². The summed E-state index contributed by atoms with van der Waals surface area (Å²) in [6.45, 7) is 6.15. The number of terminal acetylenes is 1. The Labute approximate surface area is 57.1 Å². The fourth-order valence-electron chi connectivity index (χ4n) is 0.639. The third-order valence-corrected chi connectivity index (χ3v) is 0.998. The van der Waals surface area contributed by atoms with Crippen LogP contribution in [0.2, 0.25) is 0 Å². The first-order valence-corrected chi connectivity index (χ1v) is 3.10. The maximum absolute atomic E-state index is 8.96. The minimum absolute atomic E-state index is 0.131. The average Bonchev–Trinajstić information content (AvgIpc) is 1.62. The topological polar surface area (TPSA) is 20.2 Å². The van der Waals surface area contributed by atoms with Gasteiger partial charge in [-0.05, 0) is 11.8 Å². The second-order valence-corrected chi connectivity index (χ2v) is 3.45. The van der Waals surface area contributed by atoms with Gasteiger partial charge in [-0.2, -0.15) is 0 Å². The largest absolute Gasteiger partial charge is 0.380 e. The Hall–Kier alpha value is -0.480.